The summed E-state index contributed by atoms with van der Waals surface area (Å²) in [6, 6.07) is 2.91. The predicted molar refractivity (Wildman–Crippen MR) is 49.8 cm³/mol. The molecule has 8 heteroatoms. The van der Waals surface area contributed by atoms with Crippen LogP contribution in [0.2, 0.25) is 10.3 Å². The minimum Gasteiger partial charge on any atom is -0.244 e. The summed E-state index contributed by atoms with van der Waals surface area (Å²) >= 11 is 11.3. The molecule has 0 unspecified atom stereocenters. The molecule has 2 aromatic rings. The monoisotopic (exact) mass is 231 g/mol. The summed E-state index contributed by atoms with van der Waals surface area (Å²) in [4.78, 5) is 14.8. The number of pyridine rings is 1. The molecule has 0 bridgehead atoms. The number of nitrogens with one attached hydrogen (secondary N) is 1. The summed E-state index contributed by atoms with van der Waals surface area (Å²) in [5, 5.41) is 9.36. The molecule has 14 heavy (non-hydrogen) atoms. The van der Waals surface area contributed by atoms with Gasteiger partial charge in [-0.15, -0.1) is 0 Å². The van der Waals surface area contributed by atoms with Crippen LogP contribution < -0.4 is 5.69 Å². The fourth-order valence-electron chi connectivity index (χ4n) is 0.941. The second kappa shape index (κ2) is 3.39. The topological polar surface area (TPSA) is 76.5 Å². The number of hydrogen-bond acceptors (Lipinski definition) is 4. The van der Waals surface area contributed by atoms with Crippen molar-refractivity contribution in [3.05, 3.63) is 32.9 Å². The first-order valence-electron chi connectivity index (χ1n) is 3.50. The van der Waals surface area contributed by atoms with E-state index in [0.717, 1.165) is 4.68 Å². The van der Waals surface area contributed by atoms with Crippen molar-refractivity contribution in [2.75, 3.05) is 0 Å². The van der Waals surface area contributed by atoms with Crippen molar-refractivity contribution in [3.63, 3.8) is 0 Å². The van der Waals surface area contributed by atoms with Crippen molar-refractivity contribution in [2.45, 2.75) is 0 Å². The summed E-state index contributed by atoms with van der Waals surface area (Å²) < 4.78 is 1.03. The van der Waals surface area contributed by atoms with Gasteiger partial charge in [0.1, 0.15) is 10.3 Å². The predicted octanol–water partition coefficient (Wildman–Crippen LogP) is 0.657. The van der Waals surface area contributed by atoms with Crippen molar-refractivity contribution in [1.82, 2.24) is 25.2 Å². The van der Waals surface area contributed by atoms with Crippen LogP contribution in [-0.2, 0) is 0 Å². The lowest BCUT2D eigenvalue weighted by Crippen LogP contribution is -2.16. The van der Waals surface area contributed by atoms with Crippen molar-refractivity contribution in [3.8, 4) is 5.69 Å². The molecule has 0 aliphatic rings. The zero-order valence-electron chi connectivity index (χ0n) is 6.61. The summed E-state index contributed by atoms with van der Waals surface area (Å²) in [6.45, 7) is 0. The zero-order valence-corrected chi connectivity index (χ0v) is 8.12. The van der Waals surface area contributed by atoms with Gasteiger partial charge in [-0.25, -0.2) is 14.9 Å². The Labute approximate surface area is 87.5 Å². The first-order valence-corrected chi connectivity index (χ1v) is 4.26. The van der Waals surface area contributed by atoms with Gasteiger partial charge in [0.25, 0.3) is 0 Å². The van der Waals surface area contributed by atoms with Crippen LogP contribution in [0.3, 0.4) is 0 Å². The van der Waals surface area contributed by atoms with Crippen LogP contribution in [0, 0.1) is 0 Å². The van der Waals surface area contributed by atoms with Crippen LogP contribution in [0.1, 0.15) is 0 Å². The number of tetrazole rings is 1. The maximum absolute atomic E-state index is 11.1. The highest BCUT2D eigenvalue weighted by atomic mass is 35.5. The Kier molecular flexibility index (Phi) is 2.22. The number of hydrogen-bond donors (Lipinski definition) is 1. The van der Waals surface area contributed by atoms with Crippen molar-refractivity contribution >= 4 is 23.2 Å². The van der Waals surface area contributed by atoms with E-state index in [-0.39, 0.29) is 10.3 Å². The van der Waals surface area contributed by atoms with Crippen LogP contribution in [0.5, 0.6) is 0 Å². The van der Waals surface area contributed by atoms with Crippen molar-refractivity contribution in [1.29, 1.82) is 0 Å². The lowest BCUT2D eigenvalue weighted by molar-refractivity contribution is 0.778. The van der Waals surface area contributed by atoms with E-state index in [2.05, 4.69) is 20.5 Å². The molecule has 6 nitrogen and oxygen atoms in total. The Morgan fingerprint density at radius 2 is 1.93 bits per heavy atom. The van der Waals surface area contributed by atoms with Gasteiger partial charge >= 0.3 is 5.69 Å². The van der Waals surface area contributed by atoms with Crippen LogP contribution in [0.25, 0.3) is 5.69 Å². The third kappa shape index (κ3) is 1.61. The number of aromatic nitrogens is 5. The van der Waals surface area contributed by atoms with Gasteiger partial charge in [0, 0.05) is 12.1 Å². The molecule has 0 aliphatic heterocycles. The maximum Gasteiger partial charge on any atom is 0.365 e. The highest BCUT2D eigenvalue weighted by Crippen LogP contribution is 2.15. The molecule has 0 spiro atoms. The average molecular weight is 232 g/mol. The number of aromatic amines is 1. The Morgan fingerprint density at radius 3 is 2.43 bits per heavy atom. The van der Waals surface area contributed by atoms with Gasteiger partial charge in [0.15, 0.2) is 0 Å². The summed E-state index contributed by atoms with van der Waals surface area (Å²) in [7, 11) is 0. The number of nitrogens with zero attached hydrogens (tertiary/aromatic N) is 4. The lowest BCUT2D eigenvalue weighted by atomic mass is 10.4. The molecule has 0 atom stereocenters. The number of rotatable bonds is 1. The van der Waals surface area contributed by atoms with Gasteiger partial charge in [-0.3, -0.25) is 0 Å². The van der Waals surface area contributed by atoms with E-state index in [1.807, 2.05) is 0 Å². The van der Waals surface area contributed by atoms with Gasteiger partial charge in [0.2, 0.25) is 0 Å². The van der Waals surface area contributed by atoms with Gasteiger partial charge in [-0.1, -0.05) is 23.2 Å². The van der Waals surface area contributed by atoms with Crippen molar-refractivity contribution in [2.24, 2.45) is 0 Å². The van der Waals surface area contributed by atoms with E-state index in [0.29, 0.717) is 5.69 Å². The van der Waals surface area contributed by atoms with Crippen LogP contribution in [-0.4, -0.2) is 25.2 Å². The number of halogens is 2. The fraction of sp³-hybridized carbons (Fsp3) is 0. The maximum atomic E-state index is 11.1. The largest absolute Gasteiger partial charge is 0.365 e. The normalized spacial score (nSPS) is 10.4. The molecular formula is C6H3Cl2N5O. The van der Waals surface area contributed by atoms with Crippen molar-refractivity contribution < 1.29 is 0 Å². The highest BCUT2D eigenvalue weighted by molar-refractivity contribution is 6.32. The molecule has 2 aromatic heterocycles. The molecule has 2 rings (SSSR count). The van der Waals surface area contributed by atoms with E-state index >= 15 is 0 Å². The standard InChI is InChI=1S/C6H3Cl2N5O/c7-4-1-3(2-5(8)9-4)13-6(14)10-11-12-13/h1-2H,(H,10,12,14). The Morgan fingerprint density at radius 1 is 1.29 bits per heavy atom. The minimum atomic E-state index is -0.469. The smallest absolute Gasteiger partial charge is 0.244 e. The van der Waals surface area contributed by atoms with E-state index in [9.17, 15) is 4.79 Å². The molecule has 0 radical (unpaired) electrons. The van der Waals surface area contributed by atoms with E-state index in [1.54, 1.807) is 0 Å². The molecule has 72 valence electrons. The Hall–Kier alpha value is -1.40. The number of H-pyrrole nitrogens is 1. The fourth-order valence-corrected chi connectivity index (χ4v) is 1.39. The van der Waals surface area contributed by atoms with Gasteiger partial charge in [-0.2, -0.15) is 4.68 Å². The second-order valence-corrected chi connectivity index (χ2v) is 3.16. The third-order valence-electron chi connectivity index (χ3n) is 1.46. The summed E-state index contributed by atoms with van der Waals surface area (Å²) in [5.41, 5.74) is -0.0583. The molecule has 0 aromatic carbocycles. The molecule has 1 N–H and O–H groups in total. The van der Waals surface area contributed by atoms with Gasteiger partial charge < -0.3 is 0 Å². The zero-order chi connectivity index (χ0) is 10.1. The second-order valence-electron chi connectivity index (χ2n) is 2.39. The van der Waals surface area contributed by atoms with Crippen LogP contribution >= 0.6 is 23.2 Å². The first-order chi connectivity index (χ1) is 6.66. The first kappa shape index (κ1) is 9.17. The Balaban J connectivity index is 2.63. The van der Waals surface area contributed by atoms with Crippen LogP contribution in [0.15, 0.2) is 16.9 Å². The summed E-state index contributed by atoms with van der Waals surface area (Å²) in [5.74, 6) is 0. The third-order valence-corrected chi connectivity index (χ3v) is 1.85. The van der Waals surface area contributed by atoms with Gasteiger partial charge in [-0.05, 0) is 10.4 Å². The van der Waals surface area contributed by atoms with Gasteiger partial charge in [0.05, 0.1) is 5.69 Å². The van der Waals surface area contributed by atoms with E-state index < -0.39 is 5.69 Å². The average Bonchev–Trinajstić information content (AvgIpc) is 2.49. The quantitative estimate of drug-likeness (QED) is 0.732. The molecular weight excluding hydrogens is 229 g/mol. The minimum absolute atomic E-state index is 0.183. The highest BCUT2D eigenvalue weighted by Gasteiger charge is 2.05. The molecule has 0 aliphatic carbocycles. The molecule has 0 fully saturated rings. The molecule has 0 saturated heterocycles. The van der Waals surface area contributed by atoms with E-state index in [4.69, 9.17) is 23.2 Å². The Bertz CT molecular complexity index is 499. The SMILES string of the molecule is O=c1[nH]nnn1-c1cc(Cl)nc(Cl)c1. The molecule has 0 saturated carbocycles. The van der Waals surface area contributed by atoms with E-state index in [1.165, 1.54) is 12.1 Å². The molecule has 2 heterocycles. The molecule has 0 amide bonds. The lowest BCUT2D eigenvalue weighted by Gasteiger charge is -1.98. The van der Waals surface area contributed by atoms with Crippen LogP contribution in [0.4, 0.5) is 0 Å². The summed E-state index contributed by atoms with van der Waals surface area (Å²) in [6.07, 6.45) is 0.